The van der Waals surface area contributed by atoms with Crippen LogP contribution >= 0.6 is 0 Å². The predicted octanol–water partition coefficient (Wildman–Crippen LogP) is 3.01. The van der Waals surface area contributed by atoms with Crippen molar-refractivity contribution in [2.24, 2.45) is 0 Å². The molecule has 1 amide bonds. The molecular weight excluding hydrogens is 366 g/mol. The van der Waals surface area contributed by atoms with Gasteiger partial charge in [-0.2, -0.15) is 0 Å². The van der Waals surface area contributed by atoms with Crippen LogP contribution in [-0.2, 0) is 0 Å². The van der Waals surface area contributed by atoms with E-state index < -0.39 is 6.10 Å². The van der Waals surface area contributed by atoms with Gasteiger partial charge >= 0.3 is 0 Å². The normalized spacial score (nSPS) is 17.0. The molecule has 1 aliphatic heterocycles. The van der Waals surface area contributed by atoms with Crippen LogP contribution in [0.2, 0.25) is 0 Å². The minimum atomic E-state index is -0.438. The lowest BCUT2D eigenvalue weighted by Crippen LogP contribution is -2.42. The number of hydrogen-bond acceptors (Lipinski definition) is 4. The van der Waals surface area contributed by atoms with Crippen molar-refractivity contribution >= 4 is 16.9 Å². The third-order valence-electron chi connectivity index (χ3n) is 5.35. The number of amides is 1. The van der Waals surface area contributed by atoms with Crippen molar-refractivity contribution in [1.82, 2.24) is 24.4 Å². The highest BCUT2D eigenvalue weighted by atomic mass is 16.3. The molecule has 29 heavy (non-hydrogen) atoms. The SMILES string of the molecule is O=C(c1cnc2c(ccn2-c2cccc(-c3ncc[nH]3)c2)c1)N1CCC[C@@H](O)C1. The second kappa shape index (κ2) is 7.18. The van der Waals surface area contributed by atoms with E-state index in [1.807, 2.05) is 47.2 Å². The maximum absolute atomic E-state index is 12.8. The first kappa shape index (κ1) is 17.6. The van der Waals surface area contributed by atoms with E-state index in [2.05, 4.69) is 15.0 Å². The first-order chi connectivity index (χ1) is 14.2. The molecule has 3 aromatic heterocycles. The van der Waals surface area contributed by atoms with E-state index in [-0.39, 0.29) is 5.91 Å². The van der Waals surface area contributed by atoms with Crippen molar-refractivity contribution in [3.05, 3.63) is 66.7 Å². The summed E-state index contributed by atoms with van der Waals surface area (Å²) < 4.78 is 2.00. The predicted molar refractivity (Wildman–Crippen MR) is 110 cm³/mol. The summed E-state index contributed by atoms with van der Waals surface area (Å²) >= 11 is 0. The minimum Gasteiger partial charge on any atom is -0.391 e. The molecule has 0 unspecified atom stereocenters. The smallest absolute Gasteiger partial charge is 0.255 e. The molecule has 4 heterocycles. The van der Waals surface area contributed by atoms with Crippen molar-refractivity contribution in [2.45, 2.75) is 18.9 Å². The highest BCUT2D eigenvalue weighted by Gasteiger charge is 2.23. The molecule has 5 rings (SSSR count). The molecule has 0 bridgehead atoms. The van der Waals surface area contributed by atoms with Gasteiger partial charge < -0.3 is 19.6 Å². The summed E-state index contributed by atoms with van der Waals surface area (Å²) in [7, 11) is 0. The molecule has 4 aromatic rings. The van der Waals surface area contributed by atoms with Gasteiger partial charge in [0.2, 0.25) is 0 Å². The van der Waals surface area contributed by atoms with E-state index in [1.165, 1.54) is 0 Å². The van der Waals surface area contributed by atoms with Gasteiger partial charge in [0.15, 0.2) is 0 Å². The highest BCUT2D eigenvalue weighted by Crippen LogP contribution is 2.24. The minimum absolute atomic E-state index is 0.0780. The van der Waals surface area contributed by atoms with Crippen LogP contribution in [0.3, 0.4) is 0 Å². The molecular formula is C22H21N5O2. The molecule has 0 radical (unpaired) electrons. The largest absolute Gasteiger partial charge is 0.391 e. The van der Waals surface area contributed by atoms with Crippen molar-refractivity contribution < 1.29 is 9.90 Å². The Labute approximate surface area is 167 Å². The average Bonchev–Trinajstić information content (AvgIpc) is 3.43. The topological polar surface area (TPSA) is 87.0 Å². The molecule has 1 aliphatic rings. The van der Waals surface area contributed by atoms with Gasteiger partial charge in [-0.25, -0.2) is 9.97 Å². The van der Waals surface area contributed by atoms with Gasteiger partial charge in [-0.05, 0) is 37.1 Å². The van der Waals surface area contributed by atoms with E-state index in [0.29, 0.717) is 18.7 Å². The zero-order chi connectivity index (χ0) is 19.8. The zero-order valence-electron chi connectivity index (χ0n) is 15.8. The Kier molecular flexibility index (Phi) is 4.37. The number of hydrogen-bond donors (Lipinski definition) is 2. The van der Waals surface area contributed by atoms with Crippen LogP contribution in [0.1, 0.15) is 23.2 Å². The number of fused-ring (bicyclic) bond motifs is 1. The second-order valence-electron chi connectivity index (χ2n) is 7.36. The average molecular weight is 387 g/mol. The number of aromatic nitrogens is 4. The maximum atomic E-state index is 12.8. The number of aliphatic hydroxyl groups excluding tert-OH is 1. The number of aromatic amines is 1. The van der Waals surface area contributed by atoms with E-state index in [0.717, 1.165) is 41.0 Å². The first-order valence-corrected chi connectivity index (χ1v) is 9.74. The van der Waals surface area contributed by atoms with Gasteiger partial charge in [0.1, 0.15) is 11.5 Å². The number of pyridine rings is 1. The lowest BCUT2D eigenvalue weighted by Gasteiger charge is -2.30. The van der Waals surface area contributed by atoms with Crippen LogP contribution < -0.4 is 0 Å². The number of piperidine rings is 1. The number of carbonyl (C=O) groups is 1. The summed E-state index contributed by atoms with van der Waals surface area (Å²) in [5, 5.41) is 10.7. The Morgan fingerprint density at radius 2 is 2.14 bits per heavy atom. The van der Waals surface area contributed by atoms with E-state index in [9.17, 15) is 9.90 Å². The number of carbonyl (C=O) groups excluding carboxylic acids is 1. The maximum Gasteiger partial charge on any atom is 0.255 e. The monoisotopic (exact) mass is 387 g/mol. The molecule has 7 nitrogen and oxygen atoms in total. The van der Waals surface area contributed by atoms with Gasteiger partial charge in [0.05, 0.1) is 11.7 Å². The Balaban J connectivity index is 1.47. The fraction of sp³-hybridized carbons (Fsp3) is 0.227. The van der Waals surface area contributed by atoms with Gasteiger partial charge in [-0.15, -0.1) is 0 Å². The number of nitrogens with one attached hydrogen (secondary N) is 1. The molecule has 1 saturated heterocycles. The number of aliphatic hydroxyl groups is 1. The van der Waals surface area contributed by atoms with Crippen LogP contribution in [0.25, 0.3) is 28.1 Å². The summed E-state index contributed by atoms with van der Waals surface area (Å²) in [5.74, 6) is 0.735. The molecule has 0 saturated carbocycles. The van der Waals surface area contributed by atoms with Crippen LogP contribution in [0, 0.1) is 0 Å². The number of β-amino-alcohol motifs (C(OH)–C–C–N with tert-alkyl or cyclic N) is 1. The van der Waals surface area contributed by atoms with Crippen molar-refractivity contribution in [1.29, 1.82) is 0 Å². The number of imidazole rings is 1. The van der Waals surface area contributed by atoms with Crippen LogP contribution in [0.4, 0.5) is 0 Å². The van der Waals surface area contributed by atoms with E-state index in [4.69, 9.17) is 0 Å². The van der Waals surface area contributed by atoms with E-state index in [1.54, 1.807) is 23.5 Å². The molecule has 146 valence electrons. The highest BCUT2D eigenvalue weighted by molar-refractivity contribution is 5.97. The van der Waals surface area contributed by atoms with Crippen molar-refractivity contribution in [2.75, 3.05) is 13.1 Å². The standard InChI is InChI=1S/C22H21N5O2/c28-19-5-2-9-26(14-19)22(29)17-11-16-6-10-27(21(16)25-13-17)18-4-1-3-15(12-18)20-23-7-8-24-20/h1,3-4,6-8,10-13,19,28H,2,5,9,14H2,(H,23,24)/t19-/m1/s1. The lowest BCUT2D eigenvalue weighted by atomic mass is 10.1. The fourth-order valence-corrected chi connectivity index (χ4v) is 3.90. The van der Waals surface area contributed by atoms with Gasteiger partial charge in [-0.1, -0.05) is 12.1 Å². The second-order valence-corrected chi connectivity index (χ2v) is 7.36. The number of benzene rings is 1. The lowest BCUT2D eigenvalue weighted by molar-refractivity contribution is 0.0473. The summed E-state index contributed by atoms with van der Waals surface area (Å²) in [4.78, 5) is 26.5. The van der Waals surface area contributed by atoms with Crippen molar-refractivity contribution in [3.8, 4) is 17.1 Å². The first-order valence-electron chi connectivity index (χ1n) is 9.74. The molecule has 7 heteroatoms. The molecule has 2 N–H and O–H groups in total. The summed E-state index contributed by atoms with van der Waals surface area (Å²) in [5.41, 5.74) is 3.30. The molecule has 0 aliphatic carbocycles. The quantitative estimate of drug-likeness (QED) is 0.566. The van der Waals surface area contributed by atoms with Gasteiger partial charge in [0, 0.05) is 54.5 Å². The van der Waals surface area contributed by atoms with Gasteiger partial charge in [-0.3, -0.25) is 4.79 Å². The third-order valence-corrected chi connectivity index (χ3v) is 5.35. The van der Waals surface area contributed by atoms with E-state index >= 15 is 0 Å². The number of likely N-dealkylation sites (tertiary alicyclic amines) is 1. The Morgan fingerprint density at radius 3 is 2.97 bits per heavy atom. The van der Waals surface area contributed by atoms with Crippen LogP contribution in [0.5, 0.6) is 0 Å². The molecule has 1 atom stereocenters. The Hall–Kier alpha value is -3.45. The number of H-pyrrole nitrogens is 1. The zero-order valence-corrected chi connectivity index (χ0v) is 15.8. The van der Waals surface area contributed by atoms with Crippen LogP contribution in [0.15, 0.2) is 61.2 Å². The molecule has 1 aromatic carbocycles. The fourth-order valence-electron chi connectivity index (χ4n) is 3.90. The Morgan fingerprint density at radius 1 is 1.21 bits per heavy atom. The number of rotatable bonds is 3. The van der Waals surface area contributed by atoms with Crippen LogP contribution in [-0.4, -0.2) is 54.6 Å². The number of nitrogens with zero attached hydrogens (tertiary/aromatic N) is 4. The summed E-state index contributed by atoms with van der Waals surface area (Å²) in [6.07, 6.45) is 8.25. The van der Waals surface area contributed by atoms with Gasteiger partial charge in [0.25, 0.3) is 5.91 Å². The molecule has 1 fully saturated rings. The molecule has 0 spiro atoms. The Bertz CT molecular complexity index is 1170. The third kappa shape index (κ3) is 3.30. The summed E-state index contributed by atoms with van der Waals surface area (Å²) in [6, 6.07) is 11.9. The van der Waals surface area contributed by atoms with Crippen molar-refractivity contribution in [3.63, 3.8) is 0 Å². The summed E-state index contributed by atoms with van der Waals surface area (Å²) in [6.45, 7) is 1.06.